The third-order valence-electron chi connectivity index (χ3n) is 6.23. The van der Waals surface area contributed by atoms with E-state index in [2.05, 4.69) is 5.10 Å². The fourth-order valence-electron chi connectivity index (χ4n) is 4.32. The molecule has 0 aliphatic carbocycles. The zero-order chi connectivity index (χ0) is 23.0. The molecule has 32 heavy (non-hydrogen) atoms. The zero-order valence-electron chi connectivity index (χ0n) is 18.5. The minimum absolute atomic E-state index is 0.129. The van der Waals surface area contributed by atoms with Crippen molar-refractivity contribution >= 4 is 17.5 Å². The Hall–Kier alpha value is -3.68. The van der Waals surface area contributed by atoms with Crippen LogP contribution in [0.15, 0.2) is 47.4 Å². The van der Waals surface area contributed by atoms with Crippen molar-refractivity contribution in [3.63, 3.8) is 0 Å². The number of piperidine rings is 1. The van der Waals surface area contributed by atoms with Crippen LogP contribution < -0.4 is 11.3 Å². The highest BCUT2D eigenvalue weighted by Crippen LogP contribution is 2.26. The van der Waals surface area contributed by atoms with Crippen LogP contribution >= 0.6 is 0 Å². The predicted molar refractivity (Wildman–Crippen MR) is 122 cm³/mol. The maximum absolute atomic E-state index is 13.3. The lowest BCUT2D eigenvalue weighted by molar-refractivity contribution is 0.0634. The van der Waals surface area contributed by atoms with Crippen LogP contribution in [0.1, 0.15) is 44.8 Å². The molecule has 4 rings (SSSR count). The smallest absolute Gasteiger partial charge is 0.263 e. The maximum atomic E-state index is 13.3. The molecule has 1 aliphatic heterocycles. The number of pyridine rings is 1. The van der Waals surface area contributed by atoms with Crippen LogP contribution in [0.4, 0.5) is 5.82 Å². The van der Waals surface area contributed by atoms with Gasteiger partial charge in [0.05, 0.1) is 17.4 Å². The van der Waals surface area contributed by atoms with Gasteiger partial charge in [-0.25, -0.2) is 4.68 Å². The lowest BCUT2D eigenvalue weighted by Gasteiger charge is -2.32. The van der Waals surface area contributed by atoms with E-state index < -0.39 is 5.92 Å². The minimum atomic E-state index is -0.391. The summed E-state index contributed by atoms with van der Waals surface area (Å²) >= 11 is 0. The van der Waals surface area contributed by atoms with E-state index in [1.165, 1.54) is 10.8 Å². The average Bonchev–Trinajstić information content (AvgIpc) is 3.19. The summed E-state index contributed by atoms with van der Waals surface area (Å²) < 4.78 is 3.02. The van der Waals surface area contributed by atoms with Gasteiger partial charge in [0.1, 0.15) is 11.4 Å². The van der Waals surface area contributed by atoms with Crippen LogP contribution in [-0.4, -0.2) is 44.0 Å². The topological polar surface area (TPSA) is 103 Å². The van der Waals surface area contributed by atoms with Crippen molar-refractivity contribution in [2.45, 2.75) is 26.7 Å². The Kier molecular flexibility index (Phi) is 5.69. The molecule has 0 bridgehead atoms. The number of rotatable bonds is 4. The largest absolute Gasteiger partial charge is 0.383 e. The summed E-state index contributed by atoms with van der Waals surface area (Å²) in [6, 6.07) is 11.2. The number of benzene rings is 1. The SMILES string of the molecule is Cc1cc(C)n(C)c(=O)c1C(=O)N1CCC[C@@H](C(=O)c2cnn(-c3ccccc3)c2N)C1. The van der Waals surface area contributed by atoms with E-state index in [0.29, 0.717) is 30.5 Å². The molecule has 0 spiro atoms. The Balaban J connectivity index is 1.57. The molecule has 3 aromatic rings. The monoisotopic (exact) mass is 433 g/mol. The minimum Gasteiger partial charge on any atom is -0.383 e. The zero-order valence-corrected chi connectivity index (χ0v) is 18.5. The first-order valence-electron chi connectivity index (χ1n) is 10.7. The summed E-state index contributed by atoms with van der Waals surface area (Å²) in [7, 11) is 1.66. The molecule has 8 nitrogen and oxygen atoms in total. The molecule has 1 aliphatic rings. The van der Waals surface area contributed by atoms with E-state index in [1.807, 2.05) is 43.3 Å². The average molecular weight is 434 g/mol. The van der Waals surface area contributed by atoms with Crippen LogP contribution in [0.25, 0.3) is 5.69 Å². The summed E-state index contributed by atoms with van der Waals surface area (Å²) in [6.07, 6.45) is 2.83. The van der Waals surface area contributed by atoms with Crippen LogP contribution in [0, 0.1) is 19.8 Å². The molecule has 1 saturated heterocycles. The molecule has 2 aromatic heterocycles. The summed E-state index contributed by atoms with van der Waals surface area (Å²) in [4.78, 5) is 40.8. The fraction of sp³-hybridized carbons (Fsp3) is 0.333. The van der Waals surface area contributed by atoms with Crippen molar-refractivity contribution < 1.29 is 9.59 Å². The molecule has 0 unspecified atom stereocenters. The number of hydrogen-bond acceptors (Lipinski definition) is 5. The lowest BCUT2D eigenvalue weighted by atomic mass is 9.90. The lowest BCUT2D eigenvalue weighted by Crippen LogP contribution is -2.45. The highest BCUT2D eigenvalue weighted by molar-refractivity contribution is 6.02. The van der Waals surface area contributed by atoms with E-state index in [-0.39, 0.29) is 35.2 Å². The molecule has 1 amide bonds. The molecular weight excluding hydrogens is 406 g/mol. The molecule has 1 aromatic carbocycles. The van der Waals surface area contributed by atoms with Crippen molar-refractivity contribution in [2.75, 3.05) is 18.8 Å². The van der Waals surface area contributed by atoms with E-state index >= 15 is 0 Å². The standard InChI is InChI=1S/C24H27N5O3/c1-15-12-16(2)27(3)23(31)20(15)24(32)28-11-7-8-17(14-28)21(30)19-13-26-29(22(19)25)18-9-5-4-6-10-18/h4-6,9-10,12-13,17H,7-8,11,14,25H2,1-3H3/t17-/m1/s1. The Morgan fingerprint density at radius 1 is 1.16 bits per heavy atom. The summed E-state index contributed by atoms with van der Waals surface area (Å²) in [6.45, 7) is 4.37. The number of carbonyl (C=O) groups excluding carboxylic acids is 2. The molecule has 3 heterocycles. The van der Waals surface area contributed by atoms with Gasteiger partial charge >= 0.3 is 0 Å². The number of Topliss-reactive ketones (excluding diaryl/α,β-unsaturated/α-hetero) is 1. The number of amides is 1. The number of nitrogens with two attached hydrogens (primary N) is 1. The molecular formula is C24H27N5O3. The summed E-state index contributed by atoms with van der Waals surface area (Å²) in [5.74, 6) is -0.560. The summed E-state index contributed by atoms with van der Waals surface area (Å²) in [5.41, 5.74) is 8.69. The van der Waals surface area contributed by atoms with E-state index in [1.54, 1.807) is 23.6 Å². The number of likely N-dealkylation sites (tertiary alicyclic amines) is 1. The first kappa shape index (κ1) is 21.5. The highest BCUT2D eigenvalue weighted by atomic mass is 16.2. The molecule has 1 atom stereocenters. The molecule has 8 heteroatoms. The fourth-order valence-corrected chi connectivity index (χ4v) is 4.32. The van der Waals surface area contributed by atoms with Gasteiger partial charge in [0.25, 0.3) is 11.5 Å². The van der Waals surface area contributed by atoms with Crippen molar-refractivity contribution in [2.24, 2.45) is 13.0 Å². The Morgan fingerprint density at radius 3 is 2.59 bits per heavy atom. The van der Waals surface area contributed by atoms with Gasteiger partial charge in [-0.3, -0.25) is 14.4 Å². The van der Waals surface area contributed by atoms with Crippen molar-refractivity contribution in [1.82, 2.24) is 19.2 Å². The maximum Gasteiger partial charge on any atom is 0.263 e. The van der Waals surface area contributed by atoms with Crippen LogP contribution in [0.2, 0.25) is 0 Å². The normalized spacial score (nSPS) is 16.2. The van der Waals surface area contributed by atoms with Crippen LogP contribution in [-0.2, 0) is 7.05 Å². The third kappa shape index (κ3) is 3.72. The van der Waals surface area contributed by atoms with Crippen molar-refractivity contribution in [3.8, 4) is 5.69 Å². The van der Waals surface area contributed by atoms with E-state index in [4.69, 9.17) is 5.73 Å². The number of nitrogens with zero attached hydrogens (tertiary/aromatic N) is 4. The number of anilines is 1. The number of hydrogen-bond donors (Lipinski definition) is 1. The molecule has 2 N–H and O–H groups in total. The number of aryl methyl sites for hydroxylation is 2. The number of para-hydroxylation sites is 1. The van der Waals surface area contributed by atoms with Gasteiger partial charge in [-0.1, -0.05) is 18.2 Å². The quantitative estimate of drug-likeness (QED) is 0.637. The third-order valence-corrected chi connectivity index (χ3v) is 6.23. The molecule has 0 radical (unpaired) electrons. The highest BCUT2D eigenvalue weighted by Gasteiger charge is 2.33. The first-order chi connectivity index (χ1) is 15.3. The first-order valence-corrected chi connectivity index (χ1v) is 10.7. The van der Waals surface area contributed by atoms with Gasteiger partial charge in [0.15, 0.2) is 5.78 Å². The van der Waals surface area contributed by atoms with Gasteiger partial charge < -0.3 is 15.2 Å². The van der Waals surface area contributed by atoms with Crippen LogP contribution in [0.5, 0.6) is 0 Å². The summed E-state index contributed by atoms with van der Waals surface area (Å²) in [5, 5.41) is 4.29. The Labute approximate surface area is 186 Å². The number of carbonyl (C=O) groups is 2. The molecule has 0 saturated carbocycles. The van der Waals surface area contributed by atoms with Crippen LogP contribution in [0.3, 0.4) is 0 Å². The van der Waals surface area contributed by atoms with Crippen molar-refractivity contribution in [3.05, 3.63) is 75.3 Å². The number of aromatic nitrogens is 3. The van der Waals surface area contributed by atoms with Gasteiger partial charge in [-0.2, -0.15) is 5.10 Å². The second-order valence-electron chi connectivity index (χ2n) is 8.35. The van der Waals surface area contributed by atoms with Gasteiger partial charge in [-0.05, 0) is 50.5 Å². The van der Waals surface area contributed by atoms with Gasteiger partial charge in [0, 0.05) is 31.7 Å². The van der Waals surface area contributed by atoms with Gasteiger partial charge in [-0.15, -0.1) is 0 Å². The Morgan fingerprint density at radius 2 is 1.88 bits per heavy atom. The number of nitrogen functional groups attached to an aromatic ring is 1. The molecule has 1 fully saturated rings. The van der Waals surface area contributed by atoms with Crippen molar-refractivity contribution in [1.29, 1.82) is 0 Å². The van der Waals surface area contributed by atoms with Gasteiger partial charge in [0.2, 0.25) is 0 Å². The van der Waals surface area contributed by atoms with E-state index in [9.17, 15) is 14.4 Å². The second-order valence-corrected chi connectivity index (χ2v) is 8.35. The van der Waals surface area contributed by atoms with E-state index in [0.717, 1.165) is 11.4 Å². The Bertz CT molecular complexity index is 1240. The molecule has 166 valence electrons. The predicted octanol–water partition coefficient (Wildman–Crippen LogP) is 2.51. The second kappa shape index (κ2) is 8.45. The number of ketones is 1.